The monoisotopic (exact) mass is 1060 g/mol. The molecule has 8 rings (SSSR count). The molecule has 0 spiro atoms. The van der Waals surface area contributed by atoms with Crippen LogP contribution in [0.15, 0.2) is 133 Å². The molecule has 72 heavy (non-hydrogen) atoms. The topological polar surface area (TPSA) is 127 Å². The Morgan fingerprint density at radius 2 is 0.986 bits per heavy atom. The van der Waals surface area contributed by atoms with Crippen LogP contribution < -0.4 is 24.6 Å². The third-order valence-corrected chi connectivity index (χ3v) is 14.4. The first-order valence-corrected chi connectivity index (χ1v) is 25.4. The first-order chi connectivity index (χ1) is 34.8. The summed E-state index contributed by atoms with van der Waals surface area (Å²) >= 11 is 25.8. The highest BCUT2D eigenvalue weighted by Gasteiger charge is 2.34. The van der Waals surface area contributed by atoms with E-state index in [-0.39, 0.29) is 62.5 Å². The standard InChI is InChI=1S/C28H31Cl2N3O3.C28H30Cl2N2O4/c1-19(20-3-5-22(6-4-20)28(35)31-2)32-13-14-33(27(18-32)21-7-9-23(29)10-8-21)26-12-11-24(17-25(26)30)36-16-15-34;1-19(20-3-5-22(6-4-20)28(34)35-2)31-13-14-32(27(18-31)21-7-9-23(29)10-8-21)26-12-11-24(17-25(26)30)36-16-15-33/h3-12,17,19,27,34H,13-16,18H2,1-2H3,(H,31,35);3-12,17,19,27,33H,13-16,18H2,1-2H3/t2*19-,27?/m11/s1. The number of carbonyl (C=O) groups is 2. The van der Waals surface area contributed by atoms with Gasteiger partial charge in [0.15, 0.2) is 0 Å². The molecule has 2 saturated heterocycles. The lowest BCUT2D eigenvalue weighted by molar-refractivity contribution is 0.0600. The minimum atomic E-state index is -0.338. The molecule has 2 fully saturated rings. The van der Waals surface area contributed by atoms with Crippen molar-refractivity contribution in [1.29, 1.82) is 0 Å². The number of piperazine rings is 2. The Morgan fingerprint density at radius 1 is 0.583 bits per heavy atom. The number of nitrogens with one attached hydrogen (secondary N) is 1. The Hall–Kier alpha value is -5.54. The van der Waals surface area contributed by atoms with Crippen molar-refractivity contribution in [3.63, 3.8) is 0 Å². The Bertz CT molecular complexity index is 2530. The van der Waals surface area contributed by atoms with Crippen molar-refractivity contribution in [2.24, 2.45) is 0 Å². The summed E-state index contributed by atoms with van der Waals surface area (Å²) in [6.45, 7) is 9.54. The lowest BCUT2D eigenvalue weighted by Gasteiger charge is -2.45. The van der Waals surface area contributed by atoms with Crippen LogP contribution in [-0.4, -0.2) is 112 Å². The van der Waals surface area contributed by atoms with Crippen LogP contribution in [0.1, 0.15) is 81.0 Å². The first kappa shape index (κ1) is 54.2. The van der Waals surface area contributed by atoms with Gasteiger partial charge in [-0.3, -0.25) is 14.6 Å². The Labute approximate surface area is 442 Å². The number of hydrogen-bond acceptors (Lipinski definition) is 11. The largest absolute Gasteiger partial charge is 0.491 e. The summed E-state index contributed by atoms with van der Waals surface area (Å²) in [6, 6.07) is 43.1. The maximum absolute atomic E-state index is 11.9. The van der Waals surface area contributed by atoms with Gasteiger partial charge in [0.2, 0.25) is 0 Å². The smallest absolute Gasteiger partial charge is 0.337 e. The quantitative estimate of drug-likeness (QED) is 0.0802. The normalized spacial score (nSPS) is 17.0. The van der Waals surface area contributed by atoms with Gasteiger partial charge in [-0.25, -0.2) is 4.79 Å². The van der Waals surface area contributed by atoms with E-state index in [9.17, 15) is 9.59 Å². The maximum Gasteiger partial charge on any atom is 0.337 e. The molecule has 4 atom stereocenters. The predicted octanol–water partition coefficient (Wildman–Crippen LogP) is 11.1. The van der Waals surface area contributed by atoms with Gasteiger partial charge in [-0.1, -0.05) is 94.9 Å². The number of anilines is 2. The molecule has 16 heteroatoms. The van der Waals surface area contributed by atoms with Crippen molar-refractivity contribution in [3.05, 3.63) is 187 Å². The summed E-state index contributed by atoms with van der Waals surface area (Å²) in [7, 11) is 3.02. The maximum atomic E-state index is 11.9. The van der Waals surface area contributed by atoms with E-state index >= 15 is 0 Å². The van der Waals surface area contributed by atoms with Crippen LogP contribution in [0.3, 0.4) is 0 Å². The number of amides is 1. The lowest BCUT2D eigenvalue weighted by atomic mass is 9.98. The van der Waals surface area contributed by atoms with Gasteiger partial charge in [-0.2, -0.15) is 0 Å². The van der Waals surface area contributed by atoms with Crippen LogP contribution >= 0.6 is 46.4 Å². The van der Waals surface area contributed by atoms with Gasteiger partial charge in [-0.05, 0) is 109 Å². The number of halogens is 4. The van der Waals surface area contributed by atoms with Crippen LogP contribution in [0.5, 0.6) is 11.5 Å². The van der Waals surface area contributed by atoms with Crippen LogP contribution in [0.2, 0.25) is 20.1 Å². The number of rotatable bonds is 16. The van der Waals surface area contributed by atoms with E-state index in [1.54, 1.807) is 19.2 Å². The summed E-state index contributed by atoms with van der Waals surface area (Å²) in [5.74, 6) is 0.836. The van der Waals surface area contributed by atoms with Crippen molar-refractivity contribution in [3.8, 4) is 11.5 Å². The van der Waals surface area contributed by atoms with Crippen molar-refractivity contribution in [2.75, 3.05) is 89.7 Å². The number of aliphatic hydroxyl groups is 2. The van der Waals surface area contributed by atoms with Gasteiger partial charge in [0.25, 0.3) is 5.91 Å². The number of nitrogens with zero attached hydrogens (tertiary/aromatic N) is 4. The molecule has 2 unspecified atom stereocenters. The molecule has 0 aliphatic carbocycles. The number of hydrogen-bond donors (Lipinski definition) is 3. The van der Waals surface area contributed by atoms with Crippen LogP contribution in [0.25, 0.3) is 0 Å². The molecule has 0 aromatic heterocycles. The molecule has 2 heterocycles. The summed E-state index contributed by atoms with van der Waals surface area (Å²) in [5.41, 5.74) is 7.66. The number of benzene rings is 6. The van der Waals surface area contributed by atoms with Crippen LogP contribution in [-0.2, 0) is 4.74 Å². The van der Waals surface area contributed by atoms with Gasteiger partial charge >= 0.3 is 5.97 Å². The fourth-order valence-electron chi connectivity index (χ4n) is 9.27. The second-order valence-electron chi connectivity index (χ2n) is 17.5. The van der Waals surface area contributed by atoms with Crippen molar-refractivity contribution < 1.29 is 34.0 Å². The molecule has 2 aliphatic heterocycles. The molecule has 0 radical (unpaired) electrons. The minimum Gasteiger partial charge on any atom is -0.491 e. The fraction of sp³-hybridized carbons (Fsp3) is 0.321. The molecule has 0 saturated carbocycles. The molecule has 1 amide bonds. The molecule has 6 aromatic rings. The average Bonchev–Trinajstić information content (AvgIpc) is 3.41. The van der Waals surface area contributed by atoms with Gasteiger partial charge in [0, 0.05) is 86.1 Å². The zero-order valence-electron chi connectivity index (χ0n) is 40.8. The summed E-state index contributed by atoms with van der Waals surface area (Å²) in [5, 5.41) is 23.3. The minimum absolute atomic E-state index is 0.0489. The van der Waals surface area contributed by atoms with E-state index in [0.717, 1.165) is 72.9 Å². The van der Waals surface area contributed by atoms with E-state index in [4.69, 9.17) is 70.8 Å². The molecule has 3 N–H and O–H groups in total. The fourth-order valence-corrected chi connectivity index (χ4v) is 10.1. The predicted molar refractivity (Wildman–Crippen MR) is 289 cm³/mol. The van der Waals surface area contributed by atoms with E-state index in [1.165, 1.54) is 7.11 Å². The molecule has 6 aromatic carbocycles. The van der Waals surface area contributed by atoms with Crippen LogP contribution in [0.4, 0.5) is 11.4 Å². The summed E-state index contributed by atoms with van der Waals surface area (Å²) < 4.78 is 15.9. The number of esters is 1. The Morgan fingerprint density at radius 3 is 1.35 bits per heavy atom. The molecule has 2 aliphatic rings. The Balaban J connectivity index is 0.000000211. The number of methoxy groups -OCH3 is 1. The highest BCUT2D eigenvalue weighted by Crippen LogP contribution is 2.41. The second kappa shape index (κ2) is 25.9. The van der Waals surface area contributed by atoms with Crippen LogP contribution in [0, 0.1) is 0 Å². The van der Waals surface area contributed by atoms with Crippen molar-refractivity contribution in [1.82, 2.24) is 15.1 Å². The number of carbonyl (C=O) groups excluding carboxylic acids is 2. The second-order valence-corrected chi connectivity index (χ2v) is 19.2. The summed E-state index contributed by atoms with van der Waals surface area (Å²) in [6.07, 6.45) is 0. The third-order valence-electron chi connectivity index (χ3n) is 13.3. The SMILES string of the molecule is CNC(=O)c1ccc([C@@H](C)N2CCN(c3ccc(OCCO)cc3Cl)C(c3ccc(Cl)cc3)C2)cc1.COC(=O)c1ccc([C@@H](C)N2CCN(c3ccc(OCCO)cc3Cl)C(c3ccc(Cl)cc3)C2)cc1. The van der Waals surface area contributed by atoms with Gasteiger partial charge < -0.3 is 39.5 Å². The van der Waals surface area contributed by atoms with Crippen molar-refractivity contribution in [2.45, 2.75) is 38.0 Å². The Kier molecular flexibility index (Phi) is 19.5. The molecular formula is C56H61Cl4N5O7. The lowest BCUT2D eigenvalue weighted by Crippen LogP contribution is -2.49. The number of aliphatic hydroxyl groups excluding tert-OH is 2. The number of ether oxygens (including phenoxy) is 3. The first-order valence-electron chi connectivity index (χ1n) is 23.9. The molecule has 380 valence electrons. The van der Waals surface area contributed by atoms with E-state index < -0.39 is 0 Å². The van der Waals surface area contributed by atoms with Gasteiger partial charge in [0.05, 0.1) is 59.4 Å². The molecule has 12 nitrogen and oxygen atoms in total. The van der Waals surface area contributed by atoms with E-state index in [1.807, 2.05) is 97.1 Å². The van der Waals surface area contributed by atoms with E-state index in [2.05, 4.69) is 63.0 Å². The zero-order chi connectivity index (χ0) is 51.3. The highest BCUT2D eigenvalue weighted by molar-refractivity contribution is 6.34. The van der Waals surface area contributed by atoms with Crippen molar-refractivity contribution >= 4 is 69.7 Å². The van der Waals surface area contributed by atoms with E-state index in [0.29, 0.717) is 42.7 Å². The highest BCUT2D eigenvalue weighted by atomic mass is 35.5. The third kappa shape index (κ3) is 13.5. The van der Waals surface area contributed by atoms with Gasteiger partial charge in [-0.15, -0.1) is 0 Å². The molecular weight excluding hydrogens is 996 g/mol. The molecule has 0 bridgehead atoms. The van der Waals surface area contributed by atoms with Gasteiger partial charge in [0.1, 0.15) is 24.7 Å². The zero-order valence-corrected chi connectivity index (χ0v) is 43.8. The average molecular weight is 1060 g/mol. The summed E-state index contributed by atoms with van der Waals surface area (Å²) in [4.78, 5) is 33.3.